The van der Waals surface area contributed by atoms with Crippen molar-refractivity contribution in [3.05, 3.63) is 30.5 Å². The van der Waals surface area contributed by atoms with E-state index < -0.39 is 18.3 Å². The van der Waals surface area contributed by atoms with Gasteiger partial charge >= 0.3 is 7.12 Å². The molecule has 3 heterocycles. The highest BCUT2D eigenvalue weighted by atomic mass is 16.7. The molecule has 1 aliphatic heterocycles. The molecule has 0 aliphatic carbocycles. The molecule has 0 bridgehead atoms. The fourth-order valence-corrected chi connectivity index (χ4v) is 2.22. The normalized spacial score (nSPS) is 19.4. The van der Waals surface area contributed by atoms with E-state index in [1.54, 1.807) is 12.4 Å². The molecular formula is C15H19BN4O2. The van der Waals surface area contributed by atoms with Crippen LogP contribution in [-0.4, -0.2) is 38.3 Å². The zero-order valence-electron chi connectivity index (χ0n) is 13.5. The zero-order chi connectivity index (χ0) is 16.0. The number of aromatic nitrogens is 4. The second-order valence-electron chi connectivity index (χ2n) is 6.47. The van der Waals surface area contributed by atoms with Gasteiger partial charge in [-0.1, -0.05) is 0 Å². The van der Waals surface area contributed by atoms with Gasteiger partial charge in [0.1, 0.15) is 6.33 Å². The third kappa shape index (κ3) is 2.62. The monoisotopic (exact) mass is 298 g/mol. The number of nitrogens with zero attached hydrogens (tertiary/aromatic N) is 4. The van der Waals surface area contributed by atoms with E-state index in [0.717, 1.165) is 11.3 Å². The first-order valence-corrected chi connectivity index (χ1v) is 7.25. The van der Waals surface area contributed by atoms with Gasteiger partial charge < -0.3 is 9.31 Å². The van der Waals surface area contributed by atoms with Crippen LogP contribution >= 0.6 is 0 Å². The van der Waals surface area contributed by atoms with E-state index in [0.29, 0.717) is 11.4 Å². The summed E-state index contributed by atoms with van der Waals surface area (Å²) in [6.45, 7) is 10.0. The van der Waals surface area contributed by atoms with E-state index in [1.165, 1.54) is 6.33 Å². The van der Waals surface area contributed by atoms with Crippen LogP contribution in [0.4, 0.5) is 0 Å². The minimum Gasteiger partial charge on any atom is -0.398 e. The lowest BCUT2D eigenvalue weighted by Crippen LogP contribution is -2.41. The van der Waals surface area contributed by atoms with Gasteiger partial charge in [0.05, 0.1) is 22.4 Å². The Labute approximate surface area is 130 Å². The first-order valence-electron chi connectivity index (χ1n) is 7.25. The van der Waals surface area contributed by atoms with Gasteiger partial charge in [-0.15, -0.1) is 0 Å². The van der Waals surface area contributed by atoms with Gasteiger partial charge in [0.25, 0.3) is 0 Å². The number of hydrogen-bond donors (Lipinski definition) is 0. The van der Waals surface area contributed by atoms with Crippen LogP contribution in [-0.2, 0) is 9.31 Å². The molecule has 3 rings (SSSR count). The maximum atomic E-state index is 6.05. The molecule has 0 atom stereocenters. The second kappa shape index (κ2) is 5.10. The first-order chi connectivity index (χ1) is 10.3. The molecule has 0 aromatic carbocycles. The molecule has 2 aromatic heterocycles. The van der Waals surface area contributed by atoms with Crippen LogP contribution in [0.25, 0.3) is 11.4 Å². The molecule has 114 valence electrons. The van der Waals surface area contributed by atoms with Gasteiger partial charge in [0, 0.05) is 18.1 Å². The second-order valence-corrected chi connectivity index (χ2v) is 6.47. The van der Waals surface area contributed by atoms with Crippen molar-refractivity contribution in [1.82, 2.24) is 19.9 Å². The molecule has 0 N–H and O–H groups in total. The Hall–Kier alpha value is -1.86. The Bertz CT molecular complexity index is 675. The maximum absolute atomic E-state index is 6.05. The van der Waals surface area contributed by atoms with Crippen molar-refractivity contribution in [3.8, 4) is 11.4 Å². The average molecular weight is 298 g/mol. The summed E-state index contributed by atoms with van der Waals surface area (Å²) in [5.41, 5.74) is 1.53. The Morgan fingerprint density at radius 2 is 1.55 bits per heavy atom. The van der Waals surface area contributed by atoms with Crippen molar-refractivity contribution < 1.29 is 9.31 Å². The molecule has 0 amide bonds. The quantitative estimate of drug-likeness (QED) is 0.783. The molecule has 7 heteroatoms. The highest BCUT2D eigenvalue weighted by molar-refractivity contribution is 6.61. The Morgan fingerprint density at radius 3 is 2.14 bits per heavy atom. The van der Waals surface area contributed by atoms with Gasteiger partial charge in [-0.25, -0.2) is 19.9 Å². The van der Waals surface area contributed by atoms with Gasteiger partial charge in [0.15, 0.2) is 5.82 Å². The third-order valence-electron chi connectivity index (χ3n) is 4.19. The van der Waals surface area contributed by atoms with Crippen LogP contribution < -0.4 is 5.59 Å². The van der Waals surface area contributed by atoms with Crippen LogP contribution in [0.15, 0.2) is 24.8 Å². The summed E-state index contributed by atoms with van der Waals surface area (Å²) in [5, 5.41) is 0. The molecule has 22 heavy (non-hydrogen) atoms. The van der Waals surface area contributed by atoms with Crippen molar-refractivity contribution in [1.29, 1.82) is 0 Å². The lowest BCUT2D eigenvalue weighted by Gasteiger charge is -2.32. The Morgan fingerprint density at radius 1 is 0.955 bits per heavy atom. The summed E-state index contributed by atoms with van der Waals surface area (Å²) in [6, 6.07) is 1.88. The number of hydrogen-bond acceptors (Lipinski definition) is 6. The lowest BCUT2D eigenvalue weighted by atomic mass is 9.84. The highest BCUT2D eigenvalue weighted by Crippen LogP contribution is 2.36. The van der Waals surface area contributed by atoms with Crippen LogP contribution in [0.5, 0.6) is 0 Å². The molecule has 0 radical (unpaired) electrons. The first kappa shape index (κ1) is 15.1. The standard InChI is InChI=1S/C15H19BN4O2/c1-10-6-12(16-21-14(2,3)15(4,5)22-16)20-13(19-10)11-7-17-9-18-8-11/h6-9H,1-5H3. The topological polar surface area (TPSA) is 70.0 Å². The molecular weight excluding hydrogens is 279 g/mol. The van der Waals surface area contributed by atoms with Gasteiger partial charge in [0.2, 0.25) is 0 Å². The predicted octanol–water partition coefficient (Wildman–Crippen LogP) is 1.54. The number of rotatable bonds is 2. The van der Waals surface area contributed by atoms with E-state index in [1.807, 2.05) is 40.7 Å². The molecule has 1 aliphatic rings. The lowest BCUT2D eigenvalue weighted by molar-refractivity contribution is 0.00578. The van der Waals surface area contributed by atoms with Crippen molar-refractivity contribution in [3.63, 3.8) is 0 Å². The molecule has 1 fully saturated rings. The van der Waals surface area contributed by atoms with Crippen molar-refractivity contribution in [2.24, 2.45) is 0 Å². The van der Waals surface area contributed by atoms with Crippen molar-refractivity contribution in [2.45, 2.75) is 45.8 Å². The highest BCUT2D eigenvalue weighted by Gasteiger charge is 2.52. The Kier molecular flexibility index (Phi) is 3.49. The maximum Gasteiger partial charge on any atom is 0.514 e. The van der Waals surface area contributed by atoms with E-state index in [-0.39, 0.29) is 0 Å². The van der Waals surface area contributed by atoms with Crippen LogP contribution in [0, 0.1) is 6.92 Å². The van der Waals surface area contributed by atoms with E-state index in [4.69, 9.17) is 9.31 Å². The minimum atomic E-state index is -0.505. The zero-order valence-corrected chi connectivity index (χ0v) is 13.5. The van der Waals surface area contributed by atoms with Crippen molar-refractivity contribution >= 4 is 12.7 Å². The van der Waals surface area contributed by atoms with E-state index >= 15 is 0 Å². The summed E-state index contributed by atoms with van der Waals surface area (Å²) in [6.07, 6.45) is 4.86. The predicted molar refractivity (Wildman–Crippen MR) is 83.5 cm³/mol. The summed E-state index contributed by atoms with van der Waals surface area (Å²) in [4.78, 5) is 17.0. The number of aryl methyl sites for hydroxylation is 1. The summed E-state index contributed by atoms with van der Waals surface area (Å²) in [7, 11) is -0.505. The third-order valence-corrected chi connectivity index (χ3v) is 4.19. The molecule has 0 spiro atoms. The summed E-state index contributed by atoms with van der Waals surface area (Å²) >= 11 is 0. The van der Waals surface area contributed by atoms with Gasteiger partial charge in [-0.3, -0.25) is 0 Å². The smallest absolute Gasteiger partial charge is 0.398 e. The van der Waals surface area contributed by atoms with E-state index in [2.05, 4.69) is 19.9 Å². The fourth-order valence-electron chi connectivity index (χ4n) is 2.22. The van der Waals surface area contributed by atoms with Gasteiger partial charge in [-0.05, 0) is 40.7 Å². The van der Waals surface area contributed by atoms with Crippen LogP contribution in [0.2, 0.25) is 0 Å². The molecule has 1 saturated heterocycles. The van der Waals surface area contributed by atoms with Crippen LogP contribution in [0.3, 0.4) is 0 Å². The molecule has 0 unspecified atom stereocenters. The largest absolute Gasteiger partial charge is 0.514 e. The van der Waals surface area contributed by atoms with E-state index in [9.17, 15) is 0 Å². The molecule has 2 aromatic rings. The summed E-state index contributed by atoms with van der Waals surface area (Å²) in [5.74, 6) is 0.574. The average Bonchev–Trinajstić information content (AvgIpc) is 2.68. The SMILES string of the molecule is Cc1cc(B2OC(C)(C)C(C)(C)O2)nc(-c2cncnc2)n1. The molecule has 0 saturated carbocycles. The fraction of sp³-hybridized carbons (Fsp3) is 0.467. The van der Waals surface area contributed by atoms with Gasteiger partial charge in [-0.2, -0.15) is 0 Å². The van der Waals surface area contributed by atoms with Crippen LogP contribution in [0.1, 0.15) is 33.4 Å². The summed E-state index contributed by atoms with van der Waals surface area (Å²) < 4.78 is 12.1. The molecule has 6 nitrogen and oxygen atoms in total. The minimum absolute atomic E-state index is 0.396. The van der Waals surface area contributed by atoms with Crippen molar-refractivity contribution in [2.75, 3.05) is 0 Å². The Balaban J connectivity index is 1.98.